The minimum atomic E-state index is -0.707. The Morgan fingerprint density at radius 3 is 2.88 bits per heavy atom. The van der Waals surface area contributed by atoms with Gasteiger partial charge in [-0.25, -0.2) is 0 Å². The molecule has 1 saturated heterocycles. The molecule has 90 valence electrons. The highest BCUT2D eigenvalue weighted by atomic mass is 16.4. The summed E-state index contributed by atoms with van der Waals surface area (Å²) < 4.78 is 0. The van der Waals surface area contributed by atoms with Crippen LogP contribution in [-0.4, -0.2) is 34.4 Å². The molecular formula is C12H15N3O2. The Hall–Kier alpha value is -1.65. The number of rotatable bonds is 4. The van der Waals surface area contributed by atoms with Gasteiger partial charge < -0.3 is 10.0 Å². The topological polar surface area (TPSA) is 66.3 Å². The summed E-state index contributed by atoms with van der Waals surface area (Å²) in [6.07, 6.45) is 4.48. The molecular weight excluding hydrogens is 218 g/mol. The first-order valence-corrected chi connectivity index (χ1v) is 6.02. The molecule has 5 nitrogen and oxygen atoms in total. The smallest absolute Gasteiger partial charge is 0.303 e. The third-order valence-electron chi connectivity index (χ3n) is 3.44. The Morgan fingerprint density at radius 2 is 2.24 bits per heavy atom. The zero-order chi connectivity index (χ0) is 11.8. The molecule has 0 spiro atoms. The molecule has 0 unspecified atom stereocenters. The maximum Gasteiger partial charge on any atom is 0.303 e. The second-order valence-electron chi connectivity index (χ2n) is 4.98. The van der Waals surface area contributed by atoms with Crippen LogP contribution in [0, 0.1) is 5.92 Å². The number of hydrogen-bond acceptors (Lipinski definition) is 4. The fourth-order valence-corrected chi connectivity index (χ4v) is 2.28. The first-order valence-electron chi connectivity index (χ1n) is 6.02. The van der Waals surface area contributed by atoms with Crippen LogP contribution < -0.4 is 4.90 Å². The molecule has 1 N–H and O–H groups in total. The summed E-state index contributed by atoms with van der Waals surface area (Å²) in [5.74, 6) is 0.185. The highest BCUT2D eigenvalue weighted by Crippen LogP contribution is 2.40. The minimum absolute atomic E-state index is 0.268. The summed E-state index contributed by atoms with van der Waals surface area (Å²) in [6.45, 7) is 1.64. The number of aliphatic carboxylic acids is 1. The predicted molar refractivity (Wildman–Crippen MR) is 62.0 cm³/mol. The lowest BCUT2D eigenvalue weighted by Crippen LogP contribution is -2.47. The second kappa shape index (κ2) is 3.98. The molecule has 1 aliphatic carbocycles. The Bertz CT molecular complexity index is 439. The van der Waals surface area contributed by atoms with Crippen molar-refractivity contribution in [3.63, 3.8) is 0 Å². The molecule has 0 atom stereocenters. The molecule has 0 aromatic carbocycles. The first kappa shape index (κ1) is 10.5. The molecule has 3 rings (SSSR count). The van der Waals surface area contributed by atoms with Crippen LogP contribution >= 0.6 is 0 Å². The van der Waals surface area contributed by atoms with E-state index in [-0.39, 0.29) is 12.3 Å². The van der Waals surface area contributed by atoms with Gasteiger partial charge in [0, 0.05) is 24.9 Å². The van der Waals surface area contributed by atoms with E-state index in [0.717, 1.165) is 24.5 Å². The fraction of sp³-hybridized carbons (Fsp3) is 0.583. The van der Waals surface area contributed by atoms with E-state index in [2.05, 4.69) is 21.2 Å². The van der Waals surface area contributed by atoms with Gasteiger partial charge >= 0.3 is 5.97 Å². The highest BCUT2D eigenvalue weighted by molar-refractivity contribution is 5.67. The van der Waals surface area contributed by atoms with Gasteiger partial charge in [0.25, 0.3) is 0 Å². The van der Waals surface area contributed by atoms with Crippen LogP contribution in [0.25, 0.3) is 0 Å². The lowest BCUT2D eigenvalue weighted by atomic mass is 9.96. The monoisotopic (exact) mass is 233 g/mol. The number of anilines is 1. The molecule has 2 fully saturated rings. The molecule has 0 bridgehead atoms. The number of aromatic nitrogens is 2. The Labute approximate surface area is 99.5 Å². The van der Waals surface area contributed by atoms with Crippen molar-refractivity contribution < 1.29 is 9.90 Å². The van der Waals surface area contributed by atoms with Gasteiger partial charge in [0.15, 0.2) is 0 Å². The molecule has 1 aromatic heterocycles. The summed E-state index contributed by atoms with van der Waals surface area (Å²) in [7, 11) is 0. The SMILES string of the molecule is O=C(O)CC1CN(c2cnnc(C3CC3)c2)C1. The molecule has 2 aliphatic rings. The van der Waals surface area contributed by atoms with Crippen molar-refractivity contribution in [1.82, 2.24) is 10.2 Å². The van der Waals surface area contributed by atoms with Crippen LogP contribution in [0.2, 0.25) is 0 Å². The molecule has 0 amide bonds. The van der Waals surface area contributed by atoms with Gasteiger partial charge in [-0.3, -0.25) is 4.79 Å². The zero-order valence-electron chi connectivity index (χ0n) is 9.54. The molecule has 1 saturated carbocycles. The summed E-state index contributed by atoms with van der Waals surface area (Å²) >= 11 is 0. The molecule has 1 aromatic rings. The maximum atomic E-state index is 10.6. The lowest BCUT2D eigenvalue weighted by Gasteiger charge is -2.40. The zero-order valence-corrected chi connectivity index (χ0v) is 9.54. The van der Waals surface area contributed by atoms with Crippen molar-refractivity contribution in [2.45, 2.75) is 25.2 Å². The molecule has 17 heavy (non-hydrogen) atoms. The lowest BCUT2D eigenvalue weighted by molar-refractivity contribution is -0.138. The van der Waals surface area contributed by atoms with Crippen LogP contribution in [0.1, 0.15) is 30.9 Å². The average molecular weight is 233 g/mol. The van der Waals surface area contributed by atoms with Crippen molar-refractivity contribution in [3.8, 4) is 0 Å². The van der Waals surface area contributed by atoms with E-state index in [1.807, 2.05) is 0 Å². The van der Waals surface area contributed by atoms with Gasteiger partial charge in [0.1, 0.15) is 0 Å². The summed E-state index contributed by atoms with van der Waals surface area (Å²) in [5.41, 5.74) is 2.17. The second-order valence-corrected chi connectivity index (χ2v) is 4.98. The predicted octanol–water partition coefficient (Wildman–Crippen LogP) is 1.26. The van der Waals surface area contributed by atoms with E-state index in [1.165, 1.54) is 12.8 Å². The van der Waals surface area contributed by atoms with E-state index in [4.69, 9.17) is 5.11 Å². The molecule has 5 heteroatoms. The minimum Gasteiger partial charge on any atom is -0.481 e. The summed E-state index contributed by atoms with van der Waals surface area (Å²) in [5, 5.41) is 16.9. The van der Waals surface area contributed by atoms with Crippen LogP contribution in [0.3, 0.4) is 0 Å². The van der Waals surface area contributed by atoms with E-state index < -0.39 is 5.97 Å². The van der Waals surface area contributed by atoms with Crippen molar-refractivity contribution in [2.24, 2.45) is 5.92 Å². The van der Waals surface area contributed by atoms with Gasteiger partial charge in [-0.05, 0) is 18.9 Å². The van der Waals surface area contributed by atoms with E-state index >= 15 is 0 Å². The van der Waals surface area contributed by atoms with Gasteiger partial charge in [-0.2, -0.15) is 10.2 Å². The van der Waals surface area contributed by atoms with Crippen LogP contribution in [-0.2, 0) is 4.79 Å². The Kier molecular flexibility index (Phi) is 2.46. The third kappa shape index (κ3) is 2.23. The van der Waals surface area contributed by atoms with Gasteiger partial charge in [0.05, 0.1) is 24.0 Å². The fourth-order valence-electron chi connectivity index (χ4n) is 2.28. The highest BCUT2D eigenvalue weighted by Gasteiger charge is 2.31. The van der Waals surface area contributed by atoms with Crippen molar-refractivity contribution in [3.05, 3.63) is 18.0 Å². The maximum absolute atomic E-state index is 10.6. The van der Waals surface area contributed by atoms with E-state index in [1.54, 1.807) is 6.20 Å². The molecule has 1 aliphatic heterocycles. The molecule has 2 heterocycles. The standard InChI is InChI=1S/C12H15N3O2/c16-12(17)3-8-6-15(7-8)10-4-11(9-1-2-9)14-13-5-10/h4-5,8-9H,1-3,6-7H2,(H,16,17). The van der Waals surface area contributed by atoms with E-state index in [0.29, 0.717) is 5.92 Å². The third-order valence-corrected chi connectivity index (χ3v) is 3.44. The number of nitrogens with zero attached hydrogens (tertiary/aromatic N) is 3. The number of carbonyl (C=O) groups is 1. The summed E-state index contributed by atoms with van der Waals surface area (Å²) in [6, 6.07) is 2.10. The van der Waals surface area contributed by atoms with Crippen LogP contribution in [0.4, 0.5) is 5.69 Å². The normalized spacial score (nSPS) is 20.1. The molecule has 0 radical (unpaired) electrons. The van der Waals surface area contributed by atoms with Crippen molar-refractivity contribution in [1.29, 1.82) is 0 Å². The number of carboxylic acid groups (broad SMARTS) is 1. The van der Waals surface area contributed by atoms with Gasteiger partial charge in [-0.1, -0.05) is 0 Å². The summed E-state index contributed by atoms with van der Waals surface area (Å²) in [4.78, 5) is 12.7. The Balaban J connectivity index is 1.62. The average Bonchev–Trinajstić information content (AvgIpc) is 3.06. The Morgan fingerprint density at radius 1 is 1.47 bits per heavy atom. The number of hydrogen-bond donors (Lipinski definition) is 1. The van der Waals surface area contributed by atoms with E-state index in [9.17, 15) is 4.79 Å². The number of carboxylic acids is 1. The van der Waals surface area contributed by atoms with Gasteiger partial charge in [-0.15, -0.1) is 0 Å². The quantitative estimate of drug-likeness (QED) is 0.848. The van der Waals surface area contributed by atoms with Crippen molar-refractivity contribution in [2.75, 3.05) is 18.0 Å². The first-order chi connectivity index (χ1) is 8.22. The largest absolute Gasteiger partial charge is 0.481 e. The van der Waals surface area contributed by atoms with Crippen LogP contribution in [0.5, 0.6) is 0 Å². The van der Waals surface area contributed by atoms with Crippen LogP contribution in [0.15, 0.2) is 12.3 Å². The van der Waals surface area contributed by atoms with Gasteiger partial charge in [0.2, 0.25) is 0 Å². The van der Waals surface area contributed by atoms with Crippen molar-refractivity contribution >= 4 is 11.7 Å².